The number of rotatable bonds is 18. The van der Waals surface area contributed by atoms with Gasteiger partial charge in [-0.2, -0.15) is 0 Å². The molecule has 22 heteroatoms. The molecule has 23 atom stereocenters. The van der Waals surface area contributed by atoms with Gasteiger partial charge in [0, 0.05) is 52.3 Å². The Morgan fingerprint density at radius 3 is 1.62 bits per heavy atom. The number of aliphatic hydroxyl groups excluding tert-OH is 3. The maximum Gasteiger partial charge on any atom is 0.348 e. The van der Waals surface area contributed by atoms with Crippen molar-refractivity contribution in [3.63, 3.8) is 0 Å². The molecule has 7 unspecified atom stereocenters. The molecule has 8 aliphatic carbocycles. The number of hydrogen-bond donors (Lipinski definition) is 7. The largest absolute Gasteiger partial charge is 0.499 e. The molecule has 0 radical (unpaired) electrons. The zero-order valence-corrected chi connectivity index (χ0v) is 61.3. The van der Waals surface area contributed by atoms with E-state index in [0.717, 1.165) is 43.3 Å². The number of ketones is 3. The first kappa shape index (κ1) is 76.1. The molecule has 21 nitrogen and oxygen atoms in total. The minimum atomic E-state index is -2.11. The van der Waals surface area contributed by atoms with Crippen LogP contribution in [-0.2, 0) is 66.7 Å². The molecule has 4 heterocycles. The summed E-state index contributed by atoms with van der Waals surface area (Å²) in [6.07, 6.45) is 7.69. The molecule has 12 rings (SSSR count). The van der Waals surface area contributed by atoms with Gasteiger partial charge in [-0.05, 0) is 131 Å². The fraction of sp³-hybridized carbons (Fsp3) is 0.840. The van der Waals surface area contributed by atoms with Crippen molar-refractivity contribution in [3.8, 4) is 0 Å². The topological polar surface area (TPSA) is 318 Å². The SMILES string of the molecule is C=COC1CCCCC1.CC1=CC(=O)[C@@H](O)[C@]2(C)C3[C@]45CO[C@]3(O)[C@H](O)[C@H](C)C4C(CC(=O)CC(O)(C(C)C)C(C)C)C(=O)O[C@@H]5C[C@@H]12.CC1=CC(=O)[C@@H](OC(CBr)OC2CCCCC2)[C@]2(C)C3[C@]45CO[C@]3(O)[C@H](O)[C@H](C)C4C(OC(=O)CC(O)(C(C)C)C(C)C)C(=O)O[C@@H]5C[C@@H]12. The standard InChI is InChI=1S/C37H55BrO11.C30H44O9.C8H14O/c1-18(2)36(43,19(3)4)15-26(40)48-29-28-21(6)30(41)37(44)33-34(7)23(14-25(47-32(29)42)35(28,33)17-45-37)20(5)13-24(39)31(34)49-27(16-38)46-22-11-9-8-10-12-22;1-13(2)29(36,14(3)4)11-17(31)9-18-22-16(6)23(33)30(37)26-27(7)19(15(5)8-20(32)24(27)34)10-21(39-25(18)35)28(22,26)12-38-30;1-2-9-8-6-4-3-5-7-8/h13,18-19,21-23,25,27-31,33,41,43-44H,8-12,14-17H2,1-7H3;8,13-14,16,18-19,21-24,26,33-34,36-37H,9-12H2,1-7H3;2,8H,1,3-7H2/t21-,23+,25-,27?,28?,29?,30-,31-,33?,34-,35+,37-;16-,18?,19+,21-,22?,23-,24-,26?,27-,28+,30-;/m11./s1. The number of fused-ring (bicyclic) bond motifs is 2. The Labute approximate surface area is 581 Å². The van der Waals surface area contributed by atoms with Gasteiger partial charge in [-0.25, -0.2) is 4.79 Å². The number of aliphatic hydroxyl groups is 7. The molecule has 4 saturated heterocycles. The first-order chi connectivity index (χ1) is 45.4. The van der Waals surface area contributed by atoms with Gasteiger partial charge in [0.15, 0.2) is 29.4 Å². The summed E-state index contributed by atoms with van der Waals surface area (Å²) in [7, 11) is 0. The van der Waals surface area contributed by atoms with E-state index in [-0.39, 0.29) is 85.7 Å². The number of alkyl halides is 1. The van der Waals surface area contributed by atoms with Gasteiger partial charge in [-0.1, -0.05) is 142 Å². The van der Waals surface area contributed by atoms with Gasteiger partial charge in [0.2, 0.25) is 6.10 Å². The van der Waals surface area contributed by atoms with E-state index in [2.05, 4.69) is 22.5 Å². The van der Waals surface area contributed by atoms with Crippen LogP contribution >= 0.6 is 15.9 Å². The molecule has 4 aliphatic heterocycles. The number of halogens is 1. The van der Waals surface area contributed by atoms with Crippen LogP contribution in [0.3, 0.4) is 0 Å². The Morgan fingerprint density at radius 1 is 0.660 bits per heavy atom. The number of Topliss-reactive ketones (excluding diaryl/α,β-unsaturated/α-hetero) is 1. The van der Waals surface area contributed by atoms with Crippen LogP contribution in [0.15, 0.2) is 36.1 Å². The monoisotopic (exact) mass is 1430 g/mol. The van der Waals surface area contributed by atoms with Crippen LogP contribution in [0.5, 0.6) is 0 Å². The maximum atomic E-state index is 14.1. The molecular weight excluding hydrogens is 1320 g/mol. The Bertz CT molecular complexity index is 3020. The van der Waals surface area contributed by atoms with Gasteiger partial charge in [-0.3, -0.25) is 24.0 Å². The molecule has 0 amide bonds. The Hall–Kier alpha value is -3.52. The minimum Gasteiger partial charge on any atom is -0.499 e. The molecule has 0 aromatic carbocycles. The minimum absolute atomic E-state index is 0.00730. The number of hydrogen-bond acceptors (Lipinski definition) is 21. The molecule has 12 aliphatic rings. The van der Waals surface area contributed by atoms with E-state index < -0.39 is 159 Å². The number of carbonyl (C=O) groups is 6. The highest BCUT2D eigenvalue weighted by molar-refractivity contribution is 9.09. The summed E-state index contributed by atoms with van der Waals surface area (Å²) in [6.45, 7) is 29.0. The summed E-state index contributed by atoms with van der Waals surface area (Å²) in [5.74, 6) is -14.5. The molecule has 546 valence electrons. The van der Waals surface area contributed by atoms with Crippen molar-refractivity contribution in [2.24, 2.45) is 98.6 Å². The van der Waals surface area contributed by atoms with Crippen LogP contribution in [0, 0.1) is 98.6 Å². The summed E-state index contributed by atoms with van der Waals surface area (Å²) in [4.78, 5) is 81.5. The molecule has 2 spiro atoms. The molecule has 0 aromatic rings. The summed E-state index contributed by atoms with van der Waals surface area (Å²) in [5.41, 5.74) is -5.58. The lowest BCUT2D eigenvalue weighted by Gasteiger charge is -2.68. The van der Waals surface area contributed by atoms with Gasteiger partial charge in [0.1, 0.15) is 42.4 Å². The van der Waals surface area contributed by atoms with Crippen LogP contribution in [0.1, 0.15) is 193 Å². The van der Waals surface area contributed by atoms with Crippen molar-refractivity contribution in [2.45, 2.75) is 277 Å². The lowest BCUT2D eigenvalue weighted by Crippen LogP contribution is -2.78. The summed E-state index contributed by atoms with van der Waals surface area (Å²) in [6, 6.07) is 0. The van der Waals surface area contributed by atoms with Crippen molar-refractivity contribution in [2.75, 3.05) is 18.5 Å². The van der Waals surface area contributed by atoms with E-state index in [4.69, 9.17) is 37.9 Å². The van der Waals surface area contributed by atoms with E-state index in [1.807, 2.05) is 69.2 Å². The molecule has 0 aromatic heterocycles. The van der Waals surface area contributed by atoms with Gasteiger partial charge < -0.3 is 73.6 Å². The Kier molecular flexibility index (Phi) is 21.9. The summed E-state index contributed by atoms with van der Waals surface area (Å²) < 4.78 is 48.8. The van der Waals surface area contributed by atoms with E-state index >= 15 is 0 Å². The zero-order chi connectivity index (χ0) is 71.4. The molecule has 4 bridgehead atoms. The Morgan fingerprint density at radius 2 is 1.11 bits per heavy atom. The first-order valence-electron chi connectivity index (χ1n) is 36.3. The third-order valence-corrected chi connectivity index (χ3v) is 27.7. The van der Waals surface area contributed by atoms with Crippen LogP contribution in [0.4, 0.5) is 0 Å². The lowest BCUT2D eigenvalue weighted by molar-refractivity contribution is -0.346. The van der Waals surface area contributed by atoms with E-state index in [1.54, 1.807) is 40.0 Å². The highest BCUT2D eigenvalue weighted by Gasteiger charge is 2.85. The third-order valence-electron chi connectivity index (χ3n) is 27.2. The normalized spacial score (nSPS) is 42.5. The molecule has 97 heavy (non-hydrogen) atoms. The van der Waals surface area contributed by atoms with Gasteiger partial charge in [0.05, 0.1) is 60.6 Å². The second-order valence-electron chi connectivity index (χ2n) is 33.2. The number of carbonyl (C=O) groups excluding carboxylic acids is 6. The van der Waals surface area contributed by atoms with Crippen molar-refractivity contribution in [3.05, 3.63) is 36.1 Å². The van der Waals surface area contributed by atoms with Crippen molar-refractivity contribution >= 4 is 51.2 Å². The van der Waals surface area contributed by atoms with Gasteiger partial charge >= 0.3 is 17.9 Å². The van der Waals surface area contributed by atoms with E-state index in [0.29, 0.717) is 24.3 Å². The van der Waals surface area contributed by atoms with E-state index in [1.165, 1.54) is 38.2 Å². The predicted octanol–water partition coefficient (Wildman–Crippen LogP) is 8.48. The lowest BCUT2D eigenvalue weighted by atomic mass is 9.37. The van der Waals surface area contributed by atoms with Gasteiger partial charge in [0.25, 0.3) is 0 Å². The van der Waals surface area contributed by atoms with Crippen molar-refractivity contribution < 1.29 is 102 Å². The zero-order valence-electron chi connectivity index (χ0n) is 59.7. The van der Waals surface area contributed by atoms with Crippen LogP contribution in [0.25, 0.3) is 0 Å². The van der Waals surface area contributed by atoms with E-state index in [9.17, 15) is 64.5 Å². The van der Waals surface area contributed by atoms with Crippen LogP contribution in [-0.4, -0.2) is 174 Å². The molecule has 6 saturated carbocycles. The second-order valence-corrected chi connectivity index (χ2v) is 33.9. The Balaban J connectivity index is 0.000000190. The smallest absolute Gasteiger partial charge is 0.348 e. The summed E-state index contributed by atoms with van der Waals surface area (Å²) >= 11 is 3.54. The average molecular weight is 1430 g/mol. The maximum absolute atomic E-state index is 14.1. The van der Waals surface area contributed by atoms with Crippen LogP contribution < -0.4 is 0 Å². The first-order valence-corrected chi connectivity index (χ1v) is 37.4. The highest BCUT2D eigenvalue weighted by atomic mass is 79.9. The quantitative estimate of drug-likeness (QED) is 0.0222. The molecular formula is C75H113BrO21. The summed E-state index contributed by atoms with van der Waals surface area (Å²) in [5, 5.41) is 82.2. The van der Waals surface area contributed by atoms with Gasteiger partial charge in [-0.15, -0.1) is 0 Å². The fourth-order valence-corrected chi connectivity index (χ4v) is 22.5. The number of esters is 3. The predicted molar refractivity (Wildman–Crippen MR) is 357 cm³/mol. The van der Waals surface area contributed by atoms with Crippen LogP contribution in [0.2, 0.25) is 0 Å². The highest BCUT2D eigenvalue weighted by Crippen LogP contribution is 2.76. The second kappa shape index (κ2) is 27.9. The molecule has 7 N–H and O–H groups in total. The van der Waals surface area contributed by atoms with Crippen molar-refractivity contribution in [1.29, 1.82) is 0 Å². The van der Waals surface area contributed by atoms with Crippen molar-refractivity contribution in [1.82, 2.24) is 0 Å². The average Bonchev–Trinajstić information content (AvgIpc) is 1.58. The molecule has 10 fully saturated rings. The number of allylic oxidation sites excluding steroid dienone is 2. The fourth-order valence-electron chi connectivity index (χ4n) is 22.2. The third kappa shape index (κ3) is 12.2. The number of ether oxygens (including phenoxy) is 8.